The summed E-state index contributed by atoms with van der Waals surface area (Å²) in [5.41, 5.74) is 2.81. The molecule has 0 rings (SSSR count). The Hall–Kier alpha value is -1.93. The zero-order valence-corrected chi connectivity index (χ0v) is 26.9. The van der Waals surface area contributed by atoms with E-state index in [1.807, 2.05) is 39.0 Å². The molecule has 0 aliphatic carbocycles. The first-order chi connectivity index (χ1) is 18.2. The second-order valence-electron chi connectivity index (χ2n) is 9.74. The van der Waals surface area contributed by atoms with Crippen LogP contribution in [0.5, 0.6) is 0 Å². The zero-order chi connectivity index (χ0) is 28.8. The second kappa shape index (κ2) is 21.9. The van der Waals surface area contributed by atoms with Gasteiger partial charge in [-0.15, -0.1) is 0 Å². The molecule has 38 heavy (non-hydrogen) atoms. The van der Waals surface area contributed by atoms with E-state index in [-0.39, 0.29) is 0 Å². The summed E-state index contributed by atoms with van der Waals surface area (Å²) in [5, 5.41) is 0. The summed E-state index contributed by atoms with van der Waals surface area (Å²) in [6.45, 7) is 18.7. The third kappa shape index (κ3) is 15.5. The first-order valence-electron chi connectivity index (χ1n) is 15.0. The maximum atomic E-state index is 14.6. The lowest BCUT2D eigenvalue weighted by Gasteiger charge is -2.24. The maximum absolute atomic E-state index is 14.6. The first kappa shape index (κ1) is 36.1. The molecule has 5 heteroatoms. The van der Waals surface area contributed by atoms with Crippen molar-refractivity contribution in [2.45, 2.75) is 139 Å². The predicted octanol–water partition coefficient (Wildman–Crippen LogP) is 12.4. The van der Waals surface area contributed by atoms with Gasteiger partial charge in [0.05, 0.1) is 0 Å². The summed E-state index contributed by atoms with van der Waals surface area (Å²) in [5.74, 6) is 1.70. The molecule has 218 valence electrons. The van der Waals surface area contributed by atoms with E-state index in [0.29, 0.717) is 17.3 Å². The van der Waals surface area contributed by atoms with Crippen molar-refractivity contribution in [3.63, 3.8) is 0 Å². The van der Waals surface area contributed by atoms with Crippen molar-refractivity contribution in [2.24, 2.45) is 0 Å². The Balaban J connectivity index is 6.77. The molecule has 0 unspecified atom stereocenters. The number of hydrogen-bond donors (Lipinski definition) is 0. The minimum atomic E-state index is -4.09. The number of hydrogen-bond acceptors (Lipinski definition) is 4. The highest BCUT2D eigenvalue weighted by atomic mass is 31.2. The molecule has 0 aromatic rings. The molecule has 4 nitrogen and oxygen atoms in total. The van der Waals surface area contributed by atoms with Gasteiger partial charge in [-0.05, 0) is 114 Å². The molecule has 0 aromatic carbocycles. The molecule has 0 aliphatic heterocycles. The predicted molar refractivity (Wildman–Crippen MR) is 166 cm³/mol. The molecule has 0 amide bonds. The fraction of sp³-hybridized carbons (Fsp3) is 0.636. The summed E-state index contributed by atoms with van der Waals surface area (Å²) in [4.78, 5) is 0. The summed E-state index contributed by atoms with van der Waals surface area (Å²) in [6.07, 6.45) is 23.7. The van der Waals surface area contributed by atoms with E-state index >= 15 is 0 Å². The highest BCUT2D eigenvalue weighted by molar-refractivity contribution is 7.48. The Morgan fingerprint density at radius 1 is 0.500 bits per heavy atom. The topological polar surface area (TPSA) is 44.8 Å². The molecule has 0 fully saturated rings. The van der Waals surface area contributed by atoms with Gasteiger partial charge in [-0.3, -0.25) is 0 Å². The van der Waals surface area contributed by atoms with Gasteiger partial charge in [-0.1, -0.05) is 79.0 Å². The number of unbranched alkanes of at least 4 members (excludes halogenated alkanes) is 6. The Morgan fingerprint density at radius 2 is 0.763 bits per heavy atom. The summed E-state index contributed by atoms with van der Waals surface area (Å²) in [7, 11) is -4.09. The highest BCUT2D eigenvalue weighted by Gasteiger charge is 2.36. The van der Waals surface area contributed by atoms with Crippen molar-refractivity contribution in [1.29, 1.82) is 0 Å². The molecular weight excluding hydrogens is 491 g/mol. The zero-order valence-electron chi connectivity index (χ0n) is 26.0. The lowest BCUT2D eigenvalue weighted by molar-refractivity contribution is 0.199. The van der Waals surface area contributed by atoms with Crippen LogP contribution in [0.2, 0.25) is 0 Å². The molecule has 0 N–H and O–H groups in total. The van der Waals surface area contributed by atoms with Gasteiger partial charge in [0.25, 0.3) is 0 Å². The van der Waals surface area contributed by atoms with Crippen LogP contribution in [0, 0.1) is 0 Å². The standard InChI is InChI=1S/C33H57O4P/c1-10-16-19-25-31(28(7)22-13-4)35-38(34,36-32(26-20-17-11-2)29(8)23-14-5)37-33(27-21-18-12-3)30(9)24-15-6/h22-27H,10-21H2,1-9H3/b28-22+,29-23+,30-24+,31-25-,32-26-,33-27-. The van der Waals surface area contributed by atoms with Crippen LogP contribution in [0.3, 0.4) is 0 Å². The van der Waals surface area contributed by atoms with Crippen molar-refractivity contribution in [2.75, 3.05) is 0 Å². The van der Waals surface area contributed by atoms with E-state index in [0.717, 1.165) is 93.8 Å². The van der Waals surface area contributed by atoms with Crippen LogP contribution in [0.15, 0.2) is 70.5 Å². The Morgan fingerprint density at radius 3 is 0.974 bits per heavy atom. The lowest BCUT2D eigenvalue weighted by atomic mass is 10.1. The van der Waals surface area contributed by atoms with Gasteiger partial charge in [0.1, 0.15) is 17.3 Å². The van der Waals surface area contributed by atoms with Crippen molar-refractivity contribution in [1.82, 2.24) is 0 Å². The molecule has 0 aromatic heterocycles. The average Bonchev–Trinajstić information content (AvgIpc) is 2.87. The van der Waals surface area contributed by atoms with Crippen LogP contribution in [-0.2, 0) is 18.1 Å². The van der Waals surface area contributed by atoms with Crippen LogP contribution >= 0.6 is 7.82 Å². The third-order valence-electron chi connectivity index (χ3n) is 5.99. The third-order valence-corrected chi connectivity index (χ3v) is 7.25. The van der Waals surface area contributed by atoms with Gasteiger partial charge in [-0.2, -0.15) is 4.57 Å². The average molecular weight is 549 g/mol. The number of phosphoric acid groups is 1. The monoisotopic (exact) mass is 548 g/mol. The molecule has 0 aliphatic rings. The van der Waals surface area contributed by atoms with Crippen LogP contribution in [0.1, 0.15) is 139 Å². The van der Waals surface area contributed by atoms with E-state index in [2.05, 4.69) is 59.8 Å². The molecule has 0 heterocycles. The molecule has 0 spiro atoms. The molecule has 0 radical (unpaired) electrons. The number of allylic oxidation sites excluding steroid dienone is 9. The number of phosphoric ester groups is 1. The van der Waals surface area contributed by atoms with E-state index in [1.165, 1.54) is 0 Å². The molecule has 0 saturated carbocycles. The first-order valence-corrected chi connectivity index (χ1v) is 16.5. The molecule has 0 bridgehead atoms. The second-order valence-corrected chi connectivity index (χ2v) is 11.2. The molecule has 0 saturated heterocycles. The van der Waals surface area contributed by atoms with Gasteiger partial charge >= 0.3 is 7.82 Å². The SMILES string of the molecule is CC/C=C(C)/C(=C/CCCC)OP(=O)(OC(=C\CCCC)/C(C)=C/CC)OC(=C\CCCC)/C(C)=C/CC. The van der Waals surface area contributed by atoms with E-state index in [4.69, 9.17) is 13.6 Å². The minimum Gasteiger partial charge on any atom is -0.386 e. The van der Waals surface area contributed by atoms with E-state index in [1.54, 1.807) is 0 Å². The van der Waals surface area contributed by atoms with Crippen LogP contribution in [-0.4, -0.2) is 0 Å². The summed E-state index contributed by atoms with van der Waals surface area (Å²) >= 11 is 0. The fourth-order valence-corrected chi connectivity index (χ4v) is 5.25. The maximum Gasteiger partial charge on any atom is 0.647 e. The van der Waals surface area contributed by atoms with Crippen LogP contribution < -0.4 is 0 Å². The highest BCUT2D eigenvalue weighted by Crippen LogP contribution is 2.57. The Kier molecular flexibility index (Phi) is 20.8. The van der Waals surface area contributed by atoms with Crippen molar-refractivity contribution < 1.29 is 18.1 Å². The fourth-order valence-electron chi connectivity index (χ4n) is 3.76. The smallest absolute Gasteiger partial charge is 0.386 e. The van der Waals surface area contributed by atoms with Crippen LogP contribution in [0.4, 0.5) is 0 Å². The lowest BCUT2D eigenvalue weighted by Crippen LogP contribution is -2.04. The Labute approximate surface area is 235 Å². The largest absolute Gasteiger partial charge is 0.647 e. The quantitative estimate of drug-likeness (QED) is 0.0619. The Bertz CT molecular complexity index is 773. The van der Waals surface area contributed by atoms with E-state index in [9.17, 15) is 4.57 Å². The van der Waals surface area contributed by atoms with Crippen molar-refractivity contribution in [3.8, 4) is 0 Å². The van der Waals surface area contributed by atoms with Crippen molar-refractivity contribution >= 4 is 7.82 Å². The van der Waals surface area contributed by atoms with Gasteiger partial charge < -0.3 is 13.6 Å². The molecular formula is C33H57O4P. The molecule has 0 atom stereocenters. The van der Waals surface area contributed by atoms with E-state index < -0.39 is 7.82 Å². The number of rotatable bonds is 21. The van der Waals surface area contributed by atoms with Gasteiger partial charge in [0.2, 0.25) is 0 Å². The van der Waals surface area contributed by atoms with Gasteiger partial charge in [0.15, 0.2) is 0 Å². The van der Waals surface area contributed by atoms with Crippen LogP contribution in [0.25, 0.3) is 0 Å². The minimum absolute atomic E-state index is 0.568. The summed E-state index contributed by atoms with van der Waals surface area (Å²) < 4.78 is 33.5. The van der Waals surface area contributed by atoms with Gasteiger partial charge in [0, 0.05) is 0 Å². The summed E-state index contributed by atoms with van der Waals surface area (Å²) in [6, 6.07) is 0. The van der Waals surface area contributed by atoms with Gasteiger partial charge in [-0.25, -0.2) is 0 Å². The normalized spacial score (nSPS) is 14.7. The van der Waals surface area contributed by atoms with Crippen molar-refractivity contribution in [3.05, 3.63) is 70.5 Å².